The Morgan fingerprint density at radius 3 is 2.56 bits per heavy atom. The van der Waals surface area contributed by atoms with Crippen LogP contribution in [0.15, 0.2) is 23.0 Å². The number of allylic oxidation sites excluding steroid dienone is 3. The highest BCUT2D eigenvalue weighted by Crippen LogP contribution is 2.36. The van der Waals surface area contributed by atoms with E-state index in [0.717, 1.165) is 29.2 Å². The molecule has 83 valence electrons. The standard InChI is InChI=1S/C14H15O2/c1-10-13(16-2)9-5-8-12(15)14(10)11-6-3-4-7-11/h3-4,6-7,9H,5,8H2,1-2H3. The van der Waals surface area contributed by atoms with Crippen LogP contribution >= 0.6 is 0 Å². The largest absolute Gasteiger partial charge is 0.497 e. The Morgan fingerprint density at radius 2 is 1.94 bits per heavy atom. The second-order valence-electron chi connectivity index (χ2n) is 3.91. The van der Waals surface area contributed by atoms with Crippen molar-refractivity contribution in [2.24, 2.45) is 0 Å². The van der Waals surface area contributed by atoms with Crippen molar-refractivity contribution >= 4 is 5.78 Å². The zero-order valence-corrected chi connectivity index (χ0v) is 9.62. The number of ether oxygens (including phenoxy) is 1. The van der Waals surface area contributed by atoms with Crippen molar-refractivity contribution in [1.29, 1.82) is 0 Å². The number of rotatable bonds is 2. The van der Waals surface area contributed by atoms with Gasteiger partial charge in [0.05, 0.1) is 7.11 Å². The van der Waals surface area contributed by atoms with E-state index in [2.05, 4.69) is 0 Å². The zero-order valence-electron chi connectivity index (χ0n) is 9.62. The molecule has 0 amide bonds. The monoisotopic (exact) mass is 215 g/mol. The van der Waals surface area contributed by atoms with Crippen molar-refractivity contribution < 1.29 is 9.53 Å². The Morgan fingerprint density at radius 1 is 1.25 bits per heavy atom. The average molecular weight is 215 g/mol. The summed E-state index contributed by atoms with van der Waals surface area (Å²) in [5, 5.41) is 0. The van der Waals surface area contributed by atoms with E-state index >= 15 is 0 Å². The van der Waals surface area contributed by atoms with Gasteiger partial charge >= 0.3 is 0 Å². The van der Waals surface area contributed by atoms with Gasteiger partial charge in [-0.1, -0.05) is 0 Å². The number of hydrogen-bond acceptors (Lipinski definition) is 2. The summed E-state index contributed by atoms with van der Waals surface area (Å²) in [6, 6.07) is 0. The number of methoxy groups -OCH3 is 1. The van der Waals surface area contributed by atoms with Gasteiger partial charge in [-0.3, -0.25) is 4.79 Å². The molecule has 0 heterocycles. The SMILES string of the molecule is COC1=CCCC(=O)C([C]2[CH][CH][CH][CH]2)=C1C. The molecule has 1 saturated carbocycles. The normalized spacial score (nSPS) is 23.4. The Hall–Kier alpha value is -1.05. The highest BCUT2D eigenvalue weighted by molar-refractivity contribution is 6.01. The summed E-state index contributed by atoms with van der Waals surface area (Å²) in [6.45, 7) is 1.95. The predicted octanol–water partition coefficient (Wildman–Crippen LogP) is 2.60. The Balaban J connectivity index is 2.35. The van der Waals surface area contributed by atoms with Gasteiger partial charge in [0.1, 0.15) is 5.76 Å². The topological polar surface area (TPSA) is 26.3 Å². The van der Waals surface area contributed by atoms with Crippen LogP contribution in [0, 0.1) is 31.6 Å². The summed E-state index contributed by atoms with van der Waals surface area (Å²) in [7, 11) is 1.65. The van der Waals surface area contributed by atoms with Gasteiger partial charge in [0.25, 0.3) is 0 Å². The Kier molecular flexibility index (Phi) is 3.47. The van der Waals surface area contributed by atoms with Crippen LogP contribution in [0.5, 0.6) is 0 Å². The maximum absolute atomic E-state index is 12.0. The van der Waals surface area contributed by atoms with Gasteiger partial charge in [-0.15, -0.1) is 0 Å². The second-order valence-corrected chi connectivity index (χ2v) is 3.91. The first-order valence-corrected chi connectivity index (χ1v) is 5.44. The van der Waals surface area contributed by atoms with Gasteiger partial charge in [0.2, 0.25) is 0 Å². The molecule has 0 unspecified atom stereocenters. The molecule has 0 aromatic rings. The molecule has 2 aliphatic carbocycles. The number of ketones is 1. The fraction of sp³-hybridized carbons (Fsp3) is 0.286. The highest BCUT2D eigenvalue weighted by atomic mass is 16.5. The van der Waals surface area contributed by atoms with Crippen molar-refractivity contribution in [2.75, 3.05) is 7.11 Å². The lowest BCUT2D eigenvalue weighted by Gasteiger charge is -2.15. The van der Waals surface area contributed by atoms with Crippen molar-refractivity contribution in [3.05, 3.63) is 54.6 Å². The summed E-state index contributed by atoms with van der Waals surface area (Å²) in [6.07, 6.45) is 11.1. The number of hydrogen-bond donors (Lipinski definition) is 0. The van der Waals surface area contributed by atoms with Gasteiger partial charge in [0.15, 0.2) is 5.78 Å². The average Bonchev–Trinajstić information content (AvgIpc) is 2.73. The van der Waals surface area contributed by atoms with Crippen molar-refractivity contribution in [2.45, 2.75) is 19.8 Å². The highest BCUT2D eigenvalue weighted by Gasteiger charge is 2.29. The van der Waals surface area contributed by atoms with Crippen LogP contribution in [0.2, 0.25) is 0 Å². The molecule has 2 nitrogen and oxygen atoms in total. The lowest BCUT2D eigenvalue weighted by atomic mass is 9.89. The molecular formula is C14H15O2. The fourth-order valence-electron chi connectivity index (χ4n) is 2.10. The minimum absolute atomic E-state index is 0.201. The van der Waals surface area contributed by atoms with Gasteiger partial charge in [-0.05, 0) is 50.7 Å². The van der Waals surface area contributed by atoms with E-state index < -0.39 is 0 Å². The first-order valence-electron chi connectivity index (χ1n) is 5.44. The van der Waals surface area contributed by atoms with Crippen LogP contribution in [0.3, 0.4) is 0 Å². The van der Waals surface area contributed by atoms with Gasteiger partial charge in [0, 0.05) is 17.9 Å². The molecule has 0 atom stereocenters. The van der Waals surface area contributed by atoms with Crippen LogP contribution in [0.25, 0.3) is 0 Å². The molecule has 2 rings (SSSR count). The van der Waals surface area contributed by atoms with Crippen LogP contribution in [-0.4, -0.2) is 12.9 Å². The van der Waals surface area contributed by atoms with E-state index in [9.17, 15) is 4.79 Å². The van der Waals surface area contributed by atoms with Gasteiger partial charge in [-0.25, -0.2) is 0 Å². The van der Waals surface area contributed by atoms with Crippen LogP contribution in [-0.2, 0) is 9.53 Å². The van der Waals surface area contributed by atoms with Crippen LogP contribution < -0.4 is 0 Å². The molecule has 0 N–H and O–H groups in total. The van der Waals surface area contributed by atoms with Crippen molar-refractivity contribution in [3.63, 3.8) is 0 Å². The van der Waals surface area contributed by atoms with E-state index in [1.807, 2.05) is 38.7 Å². The molecule has 16 heavy (non-hydrogen) atoms. The summed E-state index contributed by atoms with van der Waals surface area (Å²) in [5.41, 5.74) is 1.74. The number of carbonyl (C=O) groups excluding carboxylic acids is 1. The van der Waals surface area contributed by atoms with E-state index in [1.165, 1.54) is 0 Å². The maximum Gasteiger partial charge on any atom is 0.160 e. The molecule has 0 spiro atoms. The third-order valence-electron chi connectivity index (χ3n) is 2.90. The molecular weight excluding hydrogens is 200 g/mol. The lowest BCUT2D eigenvalue weighted by Crippen LogP contribution is -2.11. The number of carbonyl (C=O) groups is 1. The molecule has 2 aliphatic rings. The third-order valence-corrected chi connectivity index (χ3v) is 2.90. The maximum atomic E-state index is 12.0. The van der Waals surface area contributed by atoms with Gasteiger partial charge < -0.3 is 4.74 Å². The van der Waals surface area contributed by atoms with E-state index in [4.69, 9.17) is 4.74 Å². The third kappa shape index (κ3) is 2.06. The molecule has 0 aromatic carbocycles. The summed E-state index contributed by atoms with van der Waals surface area (Å²) >= 11 is 0. The molecule has 0 aromatic heterocycles. The first kappa shape index (κ1) is 11.4. The molecule has 0 bridgehead atoms. The fourth-order valence-corrected chi connectivity index (χ4v) is 2.10. The molecule has 1 fully saturated rings. The van der Waals surface area contributed by atoms with E-state index in [0.29, 0.717) is 6.42 Å². The smallest absolute Gasteiger partial charge is 0.160 e. The minimum atomic E-state index is 0.201. The van der Waals surface area contributed by atoms with Gasteiger partial charge in [-0.2, -0.15) is 0 Å². The first-order chi connectivity index (χ1) is 7.74. The Bertz CT molecular complexity index is 344. The number of Topliss-reactive ketones (excluding diaryl/α,β-unsaturated/α-hetero) is 1. The molecule has 2 heteroatoms. The van der Waals surface area contributed by atoms with Crippen LogP contribution in [0.4, 0.5) is 0 Å². The molecule has 5 radical (unpaired) electrons. The molecule has 0 aliphatic heterocycles. The predicted molar refractivity (Wildman–Crippen MR) is 62.5 cm³/mol. The zero-order chi connectivity index (χ0) is 11.5. The van der Waals surface area contributed by atoms with E-state index in [1.54, 1.807) is 7.11 Å². The van der Waals surface area contributed by atoms with E-state index in [-0.39, 0.29) is 5.78 Å². The summed E-state index contributed by atoms with van der Waals surface area (Å²) in [5.74, 6) is 2.02. The Labute approximate surface area is 97.4 Å². The lowest BCUT2D eigenvalue weighted by molar-refractivity contribution is -0.115. The van der Waals surface area contributed by atoms with Crippen molar-refractivity contribution in [3.8, 4) is 0 Å². The summed E-state index contributed by atoms with van der Waals surface area (Å²) < 4.78 is 5.31. The van der Waals surface area contributed by atoms with Crippen LogP contribution in [0.1, 0.15) is 19.8 Å². The minimum Gasteiger partial charge on any atom is -0.497 e. The van der Waals surface area contributed by atoms with Crippen molar-refractivity contribution in [1.82, 2.24) is 0 Å². The summed E-state index contributed by atoms with van der Waals surface area (Å²) in [4.78, 5) is 12.0. The quantitative estimate of drug-likeness (QED) is 0.707. The second kappa shape index (κ2) is 4.86. The molecule has 0 saturated heterocycles.